The van der Waals surface area contributed by atoms with Gasteiger partial charge >= 0.3 is 0 Å². The Kier molecular flexibility index (Phi) is 5.46. The first-order chi connectivity index (χ1) is 9.85. The molecule has 118 valence electrons. The van der Waals surface area contributed by atoms with Gasteiger partial charge in [-0.25, -0.2) is 13.1 Å². The molecule has 0 saturated carbocycles. The number of aryl methyl sites for hydroxylation is 1. The van der Waals surface area contributed by atoms with Crippen molar-refractivity contribution in [1.82, 2.24) is 9.62 Å². The van der Waals surface area contributed by atoms with Gasteiger partial charge in [-0.3, -0.25) is 4.90 Å². The number of likely N-dealkylation sites (N-methyl/N-ethyl adjacent to an activating group) is 1. The van der Waals surface area contributed by atoms with Gasteiger partial charge in [-0.05, 0) is 57.5 Å². The average Bonchev–Trinajstić information content (AvgIpc) is 2.89. The van der Waals surface area contributed by atoms with Crippen LogP contribution in [0.15, 0.2) is 27.6 Å². The lowest BCUT2D eigenvalue weighted by molar-refractivity contribution is 0.234. The third kappa shape index (κ3) is 3.86. The van der Waals surface area contributed by atoms with Crippen LogP contribution < -0.4 is 4.72 Å². The number of likely N-dealkylation sites (tertiary alicyclic amines) is 1. The van der Waals surface area contributed by atoms with Crippen molar-refractivity contribution in [2.75, 3.05) is 13.1 Å². The Morgan fingerprint density at radius 3 is 2.81 bits per heavy atom. The van der Waals surface area contributed by atoms with Crippen molar-refractivity contribution in [1.29, 1.82) is 0 Å². The summed E-state index contributed by atoms with van der Waals surface area (Å²) in [5, 5.41) is 0. The maximum Gasteiger partial charge on any atom is 0.240 e. The first-order valence-corrected chi connectivity index (χ1v) is 9.65. The molecule has 1 N–H and O–H groups in total. The molecule has 0 amide bonds. The predicted molar refractivity (Wildman–Crippen MR) is 88.9 cm³/mol. The fourth-order valence-corrected chi connectivity index (χ4v) is 4.78. The molecule has 0 aromatic heterocycles. The standard InChI is InChI=1S/C15H23BrN2O2S/c1-4-18-9-5-6-15(18)12(3)17-21(19,20)13-8-7-11(2)14(16)10-13/h7-8,10,12,15,17H,4-6,9H2,1-3H3. The van der Waals surface area contributed by atoms with Crippen LogP contribution in [-0.2, 0) is 10.0 Å². The Morgan fingerprint density at radius 2 is 2.19 bits per heavy atom. The highest BCUT2D eigenvalue weighted by Crippen LogP contribution is 2.23. The van der Waals surface area contributed by atoms with E-state index < -0.39 is 10.0 Å². The van der Waals surface area contributed by atoms with Gasteiger partial charge in [0.05, 0.1) is 4.90 Å². The van der Waals surface area contributed by atoms with E-state index >= 15 is 0 Å². The van der Waals surface area contributed by atoms with Crippen LogP contribution in [0.1, 0.15) is 32.3 Å². The second-order valence-electron chi connectivity index (χ2n) is 5.66. The fourth-order valence-electron chi connectivity index (χ4n) is 2.94. The molecule has 21 heavy (non-hydrogen) atoms. The molecular weight excluding hydrogens is 352 g/mol. The van der Waals surface area contributed by atoms with Gasteiger partial charge in [-0.15, -0.1) is 0 Å². The number of benzene rings is 1. The van der Waals surface area contributed by atoms with Gasteiger partial charge in [0.15, 0.2) is 0 Å². The Hall–Kier alpha value is -0.430. The number of hydrogen-bond acceptors (Lipinski definition) is 3. The molecular formula is C15H23BrN2O2S. The molecule has 0 spiro atoms. The maximum atomic E-state index is 12.5. The van der Waals surface area contributed by atoms with Crippen LogP contribution in [0, 0.1) is 6.92 Å². The molecule has 0 radical (unpaired) electrons. The summed E-state index contributed by atoms with van der Waals surface area (Å²) in [5.74, 6) is 0. The third-order valence-corrected chi connectivity index (χ3v) is 6.60. The Bertz CT molecular complexity index is 604. The number of sulfonamides is 1. The molecule has 1 saturated heterocycles. The lowest BCUT2D eigenvalue weighted by Crippen LogP contribution is -2.47. The minimum atomic E-state index is -3.47. The van der Waals surface area contributed by atoms with E-state index in [-0.39, 0.29) is 6.04 Å². The van der Waals surface area contributed by atoms with Gasteiger partial charge in [0, 0.05) is 16.6 Å². The molecule has 2 atom stereocenters. The molecule has 2 rings (SSSR count). The van der Waals surface area contributed by atoms with Crippen LogP contribution in [0.5, 0.6) is 0 Å². The van der Waals surface area contributed by atoms with Gasteiger partial charge in [0.1, 0.15) is 0 Å². The second kappa shape index (κ2) is 6.77. The molecule has 2 unspecified atom stereocenters. The van der Waals surface area contributed by atoms with Crippen molar-refractivity contribution < 1.29 is 8.42 Å². The van der Waals surface area contributed by atoms with Gasteiger partial charge in [-0.2, -0.15) is 0 Å². The molecule has 4 nitrogen and oxygen atoms in total. The fraction of sp³-hybridized carbons (Fsp3) is 0.600. The summed E-state index contributed by atoms with van der Waals surface area (Å²) in [7, 11) is -3.47. The smallest absolute Gasteiger partial charge is 0.240 e. The minimum Gasteiger partial charge on any atom is -0.299 e. The molecule has 6 heteroatoms. The minimum absolute atomic E-state index is 0.0856. The lowest BCUT2D eigenvalue weighted by atomic mass is 10.1. The topological polar surface area (TPSA) is 49.4 Å². The van der Waals surface area contributed by atoms with E-state index in [0.29, 0.717) is 10.9 Å². The van der Waals surface area contributed by atoms with Crippen molar-refractivity contribution in [2.45, 2.75) is 50.6 Å². The zero-order chi connectivity index (χ0) is 15.6. The SMILES string of the molecule is CCN1CCCC1C(C)NS(=O)(=O)c1ccc(C)c(Br)c1. The van der Waals surface area contributed by atoms with Crippen molar-refractivity contribution >= 4 is 26.0 Å². The van der Waals surface area contributed by atoms with Crippen LogP contribution >= 0.6 is 15.9 Å². The van der Waals surface area contributed by atoms with Crippen molar-refractivity contribution in [3.05, 3.63) is 28.2 Å². The Labute approximate surface area is 136 Å². The first-order valence-electron chi connectivity index (χ1n) is 7.37. The number of halogens is 1. The normalized spacial score (nSPS) is 21.6. The summed E-state index contributed by atoms with van der Waals surface area (Å²) in [6.07, 6.45) is 2.19. The number of rotatable bonds is 5. The van der Waals surface area contributed by atoms with Crippen molar-refractivity contribution in [3.8, 4) is 0 Å². The predicted octanol–water partition coefficient (Wildman–Crippen LogP) is 2.91. The van der Waals surface area contributed by atoms with E-state index in [4.69, 9.17) is 0 Å². The summed E-state index contributed by atoms with van der Waals surface area (Å²) in [4.78, 5) is 2.66. The van der Waals surface area contributed by atoms with E-state index in [1.807, 2.05) is 19.9 Å². The zero-order valence-electron chi connectivity index (χ0n) is 12.8. The van der Waals surface area contributed by atoms with Crippen LogP contribution in [-0.4, -0.2) is 38.5 Å². The van der Waals surface area contributed by atoms with Crippen molar-refractivity contribution in [2.24, 2.45) is 0 Å². The van der Waals surface area contributed by atoms with E-state index in [1.165, 1.54) is 0 Å². The second-order valence-corrected chi connectivity index (χ2v) is 8.23. The molecule has 0 bridgehead atoms. The third-order valence-electron chi connectivity index (χ3n) is 4.19. The highest BCUT2D eigenvalue weighted by molar-refractivity contribution is 9.10. The zero-order valence-corrected chi connectivity index (χ0v) is 15.2. The lowest BCUT2D eigenvalue weighted by Gasteiger charge is -2.28. The molecule has 1 aromatic rings. The van der Waals surface area contributed by atoms with Gasteiger partial charge in [0.2, 0.25) is 10.0 Å². The Morgan fingerprint density at radius 1 is 1.48 bits per heavy atom. The van der Waals surface area contributed by atoms with Crippen LogP contribution in [0.3, 0.4) is 0 Å². The average molecular weight is 375 g/mol. The van der Waals surface area contributed by atoms with E-state index in [1.54, 1.807) is 12.1 Å². The number of hydrogen-bond donors (Lipinski definition) is 1. The summed E-state index contributed by atoms with van der Waals surface area (Å²) >= 11 is 3.39. The van der Waals surface area contributed by atoms with Crippen LogP contribution in [0.4, 0.5) is 0 Å². The molecule has 1 heterocycles. The Balaban J connectivity index is 2.15. The highest BCUT2D eigenvalue weighted by Gasteiger charge is 2.30. The summed E-state index contributed by atoms with van der Waals surface area (Å²) in [6.45, 7) is 8.04. The molecule has 1 fully saturated rings. The quantitative estimate of drug-likeness (QED) is 0.861. The highest BCUT2D eigenvalue weighted by atomic mass is 79.9. The monoisotopic (exact) mass is 374 g/mol. The van der Waals surface area contributed by atoms with Crippen LogP contribution in [0.25, 0.3) is 0 Å². The summed E-state index contributed by atoms with van der Waals surface area (Å²) in [5.41, 5.74) is 1.02. The molecule has 1 aliphatic rings. The van der Waals surface area contributed by atoms with Gasteiger partial charge in [0.25, 0.3) is 0 Å². The molecule has 1 aliphatic heterocycles. The summed E-state index contributed by atoms with van der Waals surface area (Å²) in [6, 6.07) is 5.34. The molecule has 1 aromatic carbocycles. The largest absolute Gasteiger partial charge is 0.299 e. The summed E-state index contributed by atoms with van der Waals surface area (Å²) < 4.78 is 28.7. The first kappa shape index (κ1) is 16.9. The van der Waals surface area contributed by atoms with Gasteiger partial charge < -0.3 is 0 Å². The van der Waals surface area contributed by atoms with Crippen LogP contribution in [0.2, 0.25) is 0 Å². The van der Waals surface area contributed by atoms with E-state index in [2.05, 4.69) is 32.5 Å². The number of nitrogens with one attached hydrogen (secondary N) is 1. The van der Waals surface area contributed by atoms with E-state index in [9.17, 15) is 8.42 Å². The maximum absolute atomic E-state index is 12.5. The number of nitrogens with zero attached hydrogens (tertiary/aromatic N) is 1. The van der Waals surface area contributed by atoms with E-state index in [0.717, 1.165) is 36.0 Å². The molecule has 0 aliphatic carbocycles. The van der Waals surface area contributed by atoms with Crippen molar-refractivity contribution in [3.63, 3.8) is 0 Å². The van der Waals surface area contributed by atoms with Gasteiger partial charge in [-0.1, -0.05) is 28.9 Å².